The van der Waals surface area contributed by atoms with Crippen molar-refractivity contribution < 1.29 is 19.6 Å². The van der Waals surface area contributed by atoms with E-state index in [1.165, 1.54) is 22.3 Å². The lowest BCUT2D eigenvalue weighted by molar-refractivity contribution is -0.155. The number of amides is 3. The van der Waals surface area contributed by atoms with Crippen LogP contribution < -0.4 is 5.32 Å². The Hall–Kier alpha value is -2.45. The highest BCUT2D eigenvalue weighted by atomic mass is 16.5. The Morgan fingerprint density at radius 2 is 1.77 bits per heavy atom. The zero-order chi connectivity index (χ0) is 28.3. The molecule has 3 atom stereocenters. The predicted octanol–water partition coefficient (Wildman–Crippen LogP) is 3.84. The van der Waals surface area contributed by atoms with Crippen molar-refractivity contribution in [3.05, 3.63) is 34.4 Å². The molecule has 39 heavy (non-hydrogen) atoms. The molecule has 0 radical (unpaired) electrons. The number of hydrogen-bond acceptors (Lipinski definition) is 5. The third-order valence-electron chi connectivity index (χ3n) is 9.24. The van der Waals surface area contributed by atoms with Crippen molar-refractivity contribution in [2.24, 2.45) is 17.3 Å². The summed E-state index contributed by atoms with van der Waals surface area (Å²) in [7, 11) is 0. The van der Waals surface area contributed by atoms with Gasteiger partial charge in [0.1, 0.15) is 6.04 Å². The molecule has 2 fully saturated rings. The van der Waals surface area contributed by atoms with Gasteiger partial charge < -0.3 is 10.2 Å². The molecule has 0 spiro atoms. The molecule has 3 aliphatic rings. The Morgan fingerprint density at radius 1 is 1.10 bits per heavy atom. The van der Waals surface area contributed by atoms with Crippen molar-refractivity contribution in [3.8, 4) is 0 Å². The van der Waals surface area contributed by atoms with E-state index in [0.29, 0.717) is 42.9 Å². The number of nitrogens with zero attached hydrogens (tertiary/aromatic N) is 3. The first-order valence-corrected chi connectivity index (χ1v) is 14.8. The summed E-state index contributed by atoms with van der Waals surface area (Å²) in [6.45, 7) is 13.5. The van der Waals surface area contributed by atoms with Crippen molar-refractivity contribution in [1.82, 2.24) is 20.2 Å². The number of likely N-dealkylation sites (tertiary alicyclic amines) is 1. The topological polar surface area (TPSA) is 93.2 Å². The van der Waals surface area contributed by atoms with E-state index in [-0.39, 0.29) is 18.4 Å². The number of benzene rings is 1. The molecule has 2 aliphatic heterocycles. The van der Waals surface area contributed by atoms with Gasteiger partial charge in [-0.2, -0.15) is 0 Å². The molecule has 0 aromatic heterocycles. The van der Waals surface area contributed by atoms with Gasteiger partial charge in [0.05, 0.1) is 12.5 Å². The van der Waals surface area contributed by atoms with Gasteiger partial charge >= 0.3 is 0 Å². The maximum Gasteiger partial charge on any atom is 0.245 e. The first kappa shape index (κ1) is 29.5. The van der Waals surface area contributed by atoms with Crippen LogP contribution in [0, 0.1) is 31.1 Å². The van der Waals surface area contributed by atoms with Crippen molar-refractivity contribution in [2.75, 3.05) is 26.2 Å². The fourth-order valence-corrected chi connectivity index (χ4v) is 6.70. The van der Waals surface area contributed by atoms with Crippen LogP contribution in [0.5, 0.6) is 0 Å². The molecular formula is C31H48N4O4. The SMILES string of the molecule is Cc1cc2c(cc1C)CN([C@@H]1CCN(C(=O)[C@@H](NC(=O)[C@H](CC3CCCC3)CN(O)C=O)C(C)(C)C)C1)CC2. The van der Waals surface area contributed by atoms with E-state index in [0.717, 1.165) is 51.6 Å². The molecule has 2 heterocycles. The number of carbonyl (C=O) groups excluding carboxylic acids is 3. The van der Waals surface area contributed by atoms with E-state index in [1.54, 1.807) is 0 Å². The number of nitrogens with one attached hydrogen (secondary N) is 1. The molecule has 0 unspecified atom stereocenters. The average Bonchev–Trinajstić information content (AvgIpc) is 3.58. The van der Waals surface area contributed by atoms with Crippen LogP contribution in [0.3, 0.4) is 0 Å². The molecular weight excluding hydrogens is 492 g/mol. The minimum Gasteiger partial charge on any atom is -0.344 e. The number of aryl methyl sites for hydroxylation is 2. The summed E-state index contributed by atoms with van der Waals surface area (Å²) in [5.41, 5.74) is 5.03. The molecule has 8 heteroatoms. The number of hydrogen-bond donors (Lipinski definition) is 2. The minimum atomic E-state index is -0.675. The largest absolute Gasteiger partial charge is 0.344 e. The highest BCUT2D eigenvalue weighted by Gasteiger charge is 2.41. The van der Waals surface area contributed by atoms with Crippen LogP contribution in [0.15, 0.2) is 12.1 Å². The van der Waals surface area contributed by atoms with E-state index in [4.69, 9.17) is 0 Å². The summed E-state index contributed by atoms with van der Waals surface area (Å²) in [4.78, 5) is 42.9. The third kappa shape index (κ3) is 7.20. The fraction of sp³-hybridized carbons (Fsp3) is 0.710. The smallest absolute Gasteiger partial charge is 0.245 e. The van der Waals surface area contributed by atoms with Crippen LogP contribution in [0.1, 0.15) is 81.5 Å². The molecule has 4 rings (SSSR count). The first-order chi connectivity index (χ1) is 18.5. The number of rotatable bonds is 9. The molecule has 8 nitrogen and oxygen atoms in total. The Bertz CT molecular complexity index is 1050. The zero-order valence-electron chi connectivity index (χ0n) is 24.5. The predicted molar refractivity (Wildman–Crippen MR) is 151 cm³/mol. The average molecular weight is 541 g/mol. The summed E-state index contributed by atoms with van der Waals surface area (Å²) >= 11 is 0. The zero-order valence-corrected chi connectivity index (χ0v) is 24.5. The van der Waals surface area contributed by atoms with Crippen LogP contribution in [0.2, 0.25) is 0 Å². The molecule has 1 saturated carbocycles. The minimum absolute atomic E-state index is 0.0434. The monoisotopic (exact) mass is 540 g/mol. The normalized spacial score (nSPS) is 21.9. The number of carbonyl (C=O) groups is 3. The van der Waals surface area contributed by atoms with Gasteiger partial charge in [-0.05, 0) is 66.7 Å². The van der Waals surface area contributed by atoms with Crippen LogP contribution in [-0.4, -0.2) is 76.6 Å². The van der Waals surface area contributed by atoms with Gasteiger partial charge in [-0.3, -0.25) is 24.5 Å². The first-order valence-electron chi connectivity index (χ1n) is 14.8. The lowest BCUT2D eigenvalue weighted by Gasteiger charge is -2.36. The summed E-state index contributed by atoms with van der Waals surface area (Å²) in [6, 6.07) is 4.28. The molecule has 3 amide bonds. The van der Waals surface area contributed by atoms with Crippen molar-refractivity contribution >= 4 is 18.2 Å². The summed E-state index contributed by atoms with van der Waals surface area (Å²) in [5, 5.41) is 13.5. The van der Waals surface area contributed by atoms with Gasteiger partial charge in [0.25, 0.3) is 0 Å². The van der Waals surface area contributed by atoms with E-state index in [1.807, 2.05) is 25.7 Å². The van der Waals surface area contributed by atoms with E-state index < -0.39 is 17.4 Å². The van der Waals surface area contributed by atoms with Gasteiger partial charge in [0.15, 0.2) is 0 Å². The van der Waals surface area contributed by atoms with Gasteiger partial charge in [-0.15, -0.1) is 0 Å². The molecule has 1 aromatic carbocycles. The molecule has 1 saturated heterocycles. The summed E-state index contributed by atoms with van der Waals surface area (Å²) in [6.07, 6.45) is 7.34. The highest BCUT2D eigenvalue weighted by molar-refractivity contribution is 5.89. The Kier molecular flexibility index (Phi) is 9.37. The molecule has 1 aromatic rings. The third-order valence-corrected chi connectivity index (χ3v) is 9.24. The lowest BCUT2D eigenvalue weighted by atomic mass is 9.84. The standard InChI is InChI=1S/C31H48N4O4/c1-21-14-24-10-12-33(17-25(24)15-22(21)2)27-11-13-34(19-27)30(38)28(31(3,4)5)32-29(37)26(18-35(39)20-36)16-23-8-6-7-9-23/h14-15,20,23,26-28,39H,6-13,16-19H2,1-5H3,(H,32,37)/t26-,27-,28-/m1/s1. The second-order valence-corrected chi connectivity index (χ2v) is 13.3. The summed E-state index contributed by atoms with van der Waals surface area (Å²) in [5.74, 6) is -0.442. The van der Waals surface area contributed by atoms with Gasteiger partial charge in [-0.25, -0.2) is 5.06 Å². The van der Waals surface area contributed by atoms with E-state index >= 15 is 0 Å². The van der Waals surface area contributed by atoms with Gasteiger partial charge in [0, 0.05) is 32.2 Å². The van der Waals surface area contributed by atoms with E-state index in [9.17, 15) is 19.6 Å². The maximum absolute atomic E-state index is 13.9. The van der Waals surface area contributed by atoms with Crippen LogP contribution in [-0.2, 0) is 27.3 Å². The molecule has 2 N–H and O–H groups in total. The number of fused-ring (bicyclic) bond motifs is 1. The lowest BCUT2D eigenvalue weighted by Crippen LogP contribution is -2.56. The van der Waals surface area contributed by atoms with Crippen molar-refractivity contribution in [3.63, 3.8) is 0 Å². The second kappa shape index (κ2) is 12.4. The number of hydroxylamine groups is 2. The van der Waals surface area contributed by atoms with Crippen LogP contribution in [0.4, 0.5) is 0 Å². The Morgan fingerprint density at radius 3 is 2.41 bits per heavy atom. The summed E-state index contributed by atoms with van der Waals surface area (Å²) < 4.78 is 0. The molecule has 1 aliphatic carbocycles. The molecule has 216 valence electrons. The van der Waals surface area contributed by atoms with E-state index in [2.05, 4.69) is 36.2 Å². The van der Waals surface area contributed by atoms with Crippen LogP contribution >= 0.6 is 0 Å². The maximum atomic E-state index is 13.9. The molecule has 0 bridgehead atoms. The van der Waals surface area contributed by atoms with Crippen molar-refractivity contribution in [1.29, 1.82) is 0 Å². The Balaban J connectivity index is 1.41. The quantitative estimate of drug-likeness (QED) is 0.282. The highest BCUT2D eigenvalue weighted by Crippen LogP contribution is 2.32. The van der Waals surface area contributed by atoms with Gasteiger partial charge in [0.2, 0.25) is 18.2 Å². The van der Waals surface area contributed by atoms with Crippen LogP contribution in [0.25, 0.3) is 0 Å². The fourth-order valence-electron chi connectivity index (χ4n) is 6.70. The Labute approximate surface area is 234 Å². The van der Waals surface area contributed by atoms with Gasteiger partial charge in [-0.1, -0.05) is 58.6 Å². The van der Waals surface area contributed by atoms with Crippen molar-refractivity contribution in [2.45, 2.75) is 98.2 Å². The second-order valence-electron chi connectivity index (χ2n) is 13.3.